The van der Waals surface area contributed by atoms with Crippen LogP contribution in [0.2, 0.25) is 0 Å². The van der Waals surface area contributed by atoms with Crippen molar-refractivity contribution in [2.75, 3.05) is 13.6 Å². The molecule has 1 aromatic heterocycles. The van der Waals surface area contributed by atoms with Crippen molar-refractivity contribution in [3.05, 3.63) is 40.3 Å². The van der Waals surface area contributed by atoms with Gasteiger partial charge < -0.3 is 14.6 Å². The number of nitrogens with zero attached hydrogens (tertiary/aromatic N) is 2. The highest BCUT2D eigenvalue weighted by molar-refractivity contribution is 5.30. The zero-order valence-electron chi connectivity index (χ0n) is 12.1. The summed E-state index contributed by atoms with van der Waals surface area (Å²) in [7, 11) is 2.00. The summed E-state index contributed by atoms with van der Waals surface area (Å²) < 4.78 is 1.94. The third-order valence-corrected chi connectivity index (χ3v) is 3.22. The Morgan fingerprint density at radius 2 is 2.21 bits per heavy atom. The van der Waals surface area contributed by atoms with Crippen molar-refractivity contribution in [3.63, 3.8) is 0 Å². The third-order valence-electron chi connectivity index (χ3n) is 3.22. The first-order valence-electron chi connectivity index (χ1n) is 6.73. The van der Waals surface area contributed by atoms with Gasteiger partial charge in [-0.05, 0) is 26.9 Å². The lowest BCUT2D eigenvalue weighted by molar-refractivity contribution is 0.302. The fourth-order valence-corrected chi connectivity index (χ4v) is 2.13. The summed E-state index contributed by atoms with van der Waals surface area (Å²) >= 11 is 0. The molecule has 0 saturated heterocycles. The molecule has 19 heavy (non-hydrogen) atoms. The van der Waals surface area contributed by atoms with Gasteiger partial charge >= 0.3 is 0 Å². The number of unbranched alkanes of at least 4 members (excludes halogenated alkanes) is 1. The van der Waals surface area contributed by atoms with E-state index >= 15 is 0 Å². The molecular formula is C15H24N2O2. The monoisotopic (exact) mass is 264 g/mol. The average Bonchev–Trinajstić information content (AvgIpc) is 2.37. The summed E-state index contributed by atoms with van der Waals surface area (Å²) in [5, 5.41) is 10.0. The van der Waals surface area contributed by atoms with Gasteiger partial charge in [-0.2, -0.15) is 0 Å². The van der Waals surface area contributed by atoms with E-state index in [1.165, 1.54) is 6.07 Å². The van der Waals surface area contributed by atoms with Crippen LogP contribution >= 0.6 is 0 Å². The first-order chi connectivity index (χ1) is 9.01. The minimum atomic E-state index is -0.309. The quantitative estimate of drug-likeness (QED) is 0.768. The Balaban J connectivity index is 3.09. The molecule has 1 heterocycles. The largest absolute Gasteiger partial charge is 0.503 e. The molecule has 1 N–H and O–H groups in total. The maximum atomic E-state index is 11.7. The Morgan fingerprint density at radius 3 is 2.79 bits per heavy atom. The van der Waals surface area contributed by atoms with Crippen molar-refractivity contribution in [2.24, 2.45) is 0 Å². The van der Waals surface area contributed by atoms with Crippen LogP contribution in [0.1, 0.15) is 31.2 Å². The molecule has 0 bridgehead atoms. The zero-order valence-corrected chi connectivity index (χ0v) is 12.1. The Hall–Kier alpha value is -1.55. The summed E-state index contributed by atoms with van der Waals surface area (Å²) in [6.07, 6.45) is 4.00. The minimum Gasteiger partial charge on any atom is -0.503 e. The van der Waals surface area contributed by atoms with Crippen molar-refractivity contribution in [1.82, 2.24) is 9.47 Å². The van der Waals surface area contributed by atoms with Gasteiger partial charge in [-0.25, -0.2) is 0 Å². The standard InChI is InChI=1S/C15H24N2O2/c1-5-7-9-16(4)11-13-15(19)14(18)10-12(3)17(13)8-6-2/h6,10,19H,2,5,7-9,11H2,1,3-4H3. The lowest BCUT2D eigenvalue weighted by atomic mass is 10.2. The predicted molar refractivity (Wildman–Crippen MR) is 78.5 cm³/mol. The van der Waals surface area contributed by atoms with Crippen molar-refractivity contribution in [1.29, 1.82) is 0 Å². The Kier molecular flexibility index (Phi) is 5.83. The molecule has 0 aliphatic carbocycles. The van der Waals surface area contributed by atoms with Crippen LogP contribution in [0.5, 0.6) is 5.75 Å². The minimum absolute atomic E-state index is 0.143. The molecule has 0 atom stereocenters. The predicted octanol–water partition coefficient (Wildman–Crippen LogP) is 2.28. The van der Waals surface area contributed by atoms with E-state index in [4.69, 9.17) is 0 Å². The van der Waals surface area contributed by atoms with E-state index in [1.54, 1.807) is 6.08 Å². The number of hydrogen-bond acceptors (Lipinski definition) is 3. The normalized spacial score (nSPS) is 10.9. The van der Waals surface area contributed by atoms with Crippen LogP contribution in [0.25, 0.3) is 0 Å². The number of pyridine rings is 1. The molecule has 0 unspecified atom stereocenters. The molecule has 0 fully saturated rings. The second kappa shape index (κ2) is 7.14. The molecule has 0 aliphatic rings. The third kappa shape index (κ3) is 3.96. The van der Waals surface area contributed by atoms with Crippen LogP contribution in [-0.2, 0) is 13.1 Å². The summed E-state index contributed by atoms with van der Waals surface area (Å²) in [5.41, 5.74) is 1.21. The summed E-state index contributed by atoms with van der Waals surface area (Å²) in [6.45, 7) is 9.85. The van der Waals surface area contributed by atoms with Gasteiger partial charge in [0.1, 0.15) is 0 Å². The molecule has 0 amide bonds. The second-order valence-corrected chi connectivity index (χ2v) is 4.94. The number of aromatic hydroxyl groups is 1. The molecule has 4 heteroatoms. The molecule has 1 aromatic rings. The van der Waals surface area contributed by atoms with Gasteiger partial charge in [-0.1, -0.05) is 19.4 Å². The van der Waals surface area contributed by atoms with Gasteiger partial charge in [-0.3, -0.25) is 4.79 Å². The zero-order chi connectivity index (χ0) is 14.4. The van der Waals surface area contributed by atoms with Gasteiger partial charge in [0.05, 0.1) is 5.69 Å². The second-order valence-electron chi connectivity index (χ2n) is 4.94. The van der Waals surface area contributed by atoms with Gasteiger partial charge in [0.25, 0.3) is 0 Å². The SMILES string of the molecule is C=CCn1c(C)cc(=O)c(O)c1CN(C)CCCC. The lowest BCUT2D eigenvalue weighted by Gasteiger charge is -2.22. The van der Waals surface area contributed by atoms with Gasteiger partial charge in [0.2, 0.25) is 5.43 Å². The van der Waals surface area contributed by atoms with E-state index in [9.17, 15) is 9.90 Å². The smallest absolute Gasteiger partial charge is 0.223 e. The first-order valence-corrected chi connectivity index (χ1v) is 6.73. The molecule has 106 valence electrons. The fourth-order valence-electron chi connectivity index (χ4n) is 2.13. The van der Waals surface area contributed by atoms with Crippen LogP contribution in [0.4, 0.5) is 0 Å². The van der Waals surface area contributed by atoms with Crippen molar-refractivity contribution < 1.29 is 5.11 Å². The number of rotatable bonds is 7. The van der Waals surface area contributed by atoms with Crippen molar-refractivity contribution in [2.45, 2.75) is 39.8 Å². The fraction of sp³-hybridized carbons (Fsp3) is 0.533. The summed E-state index contributed by atoms with van der Waals surface area (Å²) in [4.78, 5) is 13.8. The number of aromatic nitrogens is 1. The van der Waals surface area contributed by atoms with Gasteiger partial charge in [0, 0.05) is 24.8 Å². The molecule has 4 nitrogen and oxygen atoms in total. The Morgan fingerprint density at radius 1 is 1.53 bits per heavy atom. The molecule has 1 rings (SSSR count). The maximum absolute atomic E-state index is 11.7. The number of hydrogen-bond donors (Lipinski definition) is 1. The van der Waals surface area contributed by atoms with Crippen LogP contribution in [0, 0.1) is 6.92 Å². The summed E-state index contributed by atoms with van der Waals surface area (Å²) in [5.74, 6) is -0.143. The van der Waals surface area contributed by atoms with Gasteiger partial charge in [-0.15, -0.1) is 6.58 Å². The highest BCUT2D eigenvalue weighted by atomic mass is 16.3. The van der Waals surface area contributed by atoms with E-state index in [2.05, 4.69) is 18.4 Å². The maximum Gasteiger partial charge on any atom is 0.223 e. The first kappa shape index (κ1) is 15.5. The van der Waals surface area contributed by atoms with Crippen LogP contribution in [0.3, 0.4) is 0 Å². The molecular weight excluding hydrogens is 240 g/mol. The van der Waals surface area contributed by atoms with E-state index in [-0.39, 0.29) is 11.2 Å². The molecule has 0 aliphatic heterocycles. The van der Waals surface area contributed by atoms with Crippen LogP contribution in [-0.4, -0.2) is 28.2 Å². The van der Waals surface area contributed by atoms with Crippen molar-refractivity contribution >= 4 is 0 Å². The Bertz CT molecular complexity index is 492. The number of allylic oxidation sites excluding steroid dienone is 1. The van der Waals surface area contributed by atoms with E-state index < -0.39 is 0 Å². The number of aryl methyl sites for hydroxylation is 1. The summed E-state index contributed by atoms with van der Waals surface area (Å²) in [6, 6.07) is 1.47. The lowest BCUT2D eigenvalue weighted by Crippen LogP contribution is -2.24. The molecule has 0 spiro atoms. The van der Waals surface area contributed by atoms with Crippen LogP contribution in [0.15, 0.2) is 23.5 Å². The van der Waals surface area contributed by atoms with Crippen molar-refractivity contribution in [3.8, 4) is 5.75 Å². The van der Waals surface area contributed by atoms with E-state index in [0.717, 1.165) is 25.1 Å². The topological polar surface area (TPSA) is 45.5 Å². The van der Waals surface area contributed by atoms with E-state index in [0.29, 0.717) is 18.8 Å². The molecule has 0 radical (unpaired) electrons. The molecule has 0 saturated carbocycles. The highest BCUT2D eigenvalue weighted by Crippen LogP contribution is 2.16. The average molecular weight is 264 g/mol. The Labute approximate surface area is 115 Å². The van der Waals surface area contributed by atoms with E-state index in [1.807, 2.05) is 18.5 Å². The molecule has 0 aromatic carbocycles. The van der Waals surface area contributed by atoms with Gasteiger partial charge in [0.15, 0.2) is 5.75 Å². The van der Waals surface area contributed by atoms with Crippen LogP contribution < -0.4 is 5.43 Å². The highest BCUT2D eigenvalue weighted by Gasteiger charge is 2.14.